The second-order valence-electron chi connectivity index (χ2n) is 7.05. The molecule has 0 heterocycles. The molecule has 106 valence electrons. The molecule has 0 bridgehead atoms. The molecule has 3 nitrogen and oxygen atoms in total. The second kappa shape index (κ2) is 5.48. The smallest absolute Gasteiger partial charge is 0.0614 e. The molecule has 0 radical (unpaired) electrons. The third-order valence-electron chi connectivity index (χ3n) is 4.90. The highest BCUT2D eigenvalue weighted by Gasteiger charge is 2.42. The van der Waals surface area contributed by atoms with E-state index in [4.69, 9.17) is 0 Å². The second-order valence-corrected chi connectivity index (χ2v) is 7.05. The predicted molar refractivity (Wildman–Crippen MR) is 75.6 cm³/mol. The van der Waals surface area contributed by atoms with Crippen LogP contribution in [0.4, 0.5) is 0 Å². The van der Waals surface area contributed by atoms with Gasteiger partial charge in [0.2, 0.25) is 0 Å². The maximum absolute atomic E-state index is 9.72. The van der Waals surface area contributed by atoms with Gasteiger partial charge in [0.15, 0.2) is 0 Å². The zero-order valence-electron chi connectivity index (χ0n) is 12.4. The average Bonchev–Trinajstić information content (AvgIpc) is 2.83. The molecule has 2 aliphatic carbocycles. The molecule has 3 heteroatoms. The lowest BCUT2D eigenvalue weighted by Gasteiger charge is -2.32. The Kier molecular flexibility index (Phi) is 4.35. The molecule has 2 rings (SSSR count). The van der Waals surface area contributed by atoms with Gasteiger partial charge in [0.05, 0.1) is 6.61 Å². The first-order valence-electron chi connectivity index (χ1n) is 7.54. The summed E-state index contributed by atoms with van der Waals surface area (Å²) in [6.45, 7) is 8.20. The minimum atomic E-state index is -0.0255. The van der Waals surface area contributed by atoms with E-state index >= 15 is 0 Å². The van der Waals surface area contributed by atoms with E-state index in [-0.39, 0.29) is 12.1 Å². The Hall–Kier alpha value is -0.120. The molecule has 4 unspecified atom stereocenters. The maximum Gasteiger partial charge on any atom is 0.0614 e. The van der Waals surface area contributed by atoms with Crippen molar-refractivity contribution in [2.24, 2.45) is 11.8 Å². The molecule has 2 aliphatic rings. The lowest BCUT2D eigenvalue weighted by Crippen LogP contribution is -2.50. The van der Waals surface area contributed by atoms with Crippen LogP contribution in [0.15, 0.2) is 0 Å². The first-order chi connectivity index (χ1) is 8.46. The Bertz CT molecular complexity index is 282. The van der Waals surface area contributed by atoms with Crippen LogP contribution in [0, 0.1) is 11.8 Å². The van der Waals surface area contributed by atoms with Gasteiger partial charge in [0.25, 0.3) is 0 Å². The van der Waals surface area contributed by atoms with Gasteiger partial charge in [0, 0.05) is 24.2 Å². The van der Waals surface area contributed by atoms with Gasteiger partial charge in [-0.3, -0.25) is 0 Å². The average molecular weight is 254 g/mol. The van der Waals surface area contributed by atoms with Crippen molar-refractivity contribution in [2.75, 3.05) is 20.2 Å². The van der Waals surface area contributed by atoms with Crippen LogP contribution >= 0.6 is 0 Å². The molecule has 2 N–H and O–H groups in total. The summed E-state index contributed by atoms with van der Waals surface area (Å²) in [5.41, 5.74) is -0.0255. The minimum absolute atomic E-state index is 0.0255. The van der Waals surface area contributed by atoms with E-state index in [0.717, 1.165) is 24.7 Å². The lowest BCUT2D eigenvalue weighted by atomic mass is 9.97. The Morgan fingerprint density at radius 3 is 2.61 bits per heavy atom. The summed E-state index contributed by atoms with van der Waals surface area (Å²) >= 11 is 0. The summed E-state index contributed by atoms with van der Waals surface area (Å²) in [6, 6.07) is 1.10. The van der Waals surface area contributed by atoms with Crippen LogP contribution in [0.5, 0.6) is 0 Å². The number of aliphatic hydroxyl groups excluding tert-OH is 1. The van der Waals surface area contributed by atoms with Gasteiger partial charge in [-0.25, -0.2) is 0 Å². The summed E-state index contributed by atoms with van der Waals surface area (Å²) in [7, 11) is 2.26. The zero-order chi connectivity index (χ0) is 13.3. The maximum atomic E-state index is 9.72. The molecule has 0 aromatic rings. The largest absolute Gasteiger partial charge is 0.394 e. The van der Waals surface area contributed by atoms with Gasteiger partial charge >= 0.3 is 0 Å². The number of rotatable bonds is 6. The minimum Gasteiger partial charge on any atom is -0.394 e. The standard InChI is InChI=1S/C15H30N2O/c1-11(2)16-15(10-18)6-5-14(8-15)17(4)9-13-7-12(13)3/h11-14,16,18H,5-10H2,1-4H3. The fraction of sp³-hybridized carbons (Fsp3) is 1.00. The third-order valence-corrected chi connectivity index (χ3v) is 4.90. The van der Waals surface area contributed by atoms with Crippen LogP contribution < -0.4 is 5.32 Å². The third kappa shape index (κ3) is 3.25. The number of nitrogens with one attached hydrogen (secondary N) is 1. The molecule has 0 spiro atoms. The Labute approximate surface area is 112 Å². The summed E-state index contributed by atoms with van der Waals surface area (Å²) in [5.74, 6) is 1.86. The quantitative estimate of drug-likeness (QED) is 0.759. The Balaban J connectivity index is 1.85. The molecule has 0 aromatic carbocycles. The topological polar surface area (TPSA) is 35.5 Å². The highest BCUT2D eigenvalue weighted by atomic mass is 16.3. The van der Waals surface area contributed by atoms with Crippen LogP contribution in [-0.2, 0) is 0 Å². The molecule has 0 aliphatic heterocycles. The number of aliphatic hydroxyl groups is 1. The fourth-order valence-corrected chi connectivity index (χ4v) is 3.58. The molecule has 0 aromatic heterocycles. The Morgan fingerprint density at radius 1 is 1.44 bits per heavy atom. The summed E-state index contributed by atoms with van der Waals surface area (Å²) in [5, 5.41) is 13.3. The van der Waals surface area contributed by atoms with E-state index in [1.165, 1.54) is 19.4 Å². The van der Waals surface area contributed by atoms with Crippen molar-refractivity contribution in [3.63, 3.8) is 0 Å². The van der Waals surface area contributed by atoms with Crippen LogP contribution in [0.25, 0.3) is 0 Å². The fourth-order valence-electron chi connectivity index (χ4n) is 3.58. The van der Waals surface area contributed by atoms with E-state index in [2.05, 4.69) is 38.0 Å². The summed E-state index contributed by atoms with van der Waals surface area (Å²) in [6.07, 6.45) is 4.83. The number of hydrogen-bond acceptors (Lipinski definition) is 3. The van der Waals surface area contributed by atoms with Gasteiger partial charge in [0.1, 0.15) is 0 Å². The Morgan fingerprint density at radius 2 is 2.11 bits per heavy atom. The van der Waals surface area contributed by atoms with Gasteiger partial charge in [-0.1, -0.05) is 20.8 Å². The van der Waals surface area contributed by atoms with Crippen molar-refractivity contribution >= 4 is 0 Å². The van der Waals surface area contributed by atoms with Crippen molar-refractivity contribution in [3.8, 4) is 0 Å². The zero-order valence-corrected chi connectivity index (χ0v) is 12.4. The number of nitrogens with zero attached hydrogens (tertiary/aromatic N) is 1. The van der Waals surface area contributed by atoms with E-state index < -0.39 is 0 Å². The SMILES string of the molecule is CC(C)NC1(CO)CCC(N(C)CC2CC2C)C1. The van der Waals surface area contributed by atoms with E-state index in [9.17, 15) is 5.11 Å². The van der Waals surface area contributed by atoms with E-state index in [1.54, 1.807) is 0 Å². The normalized spacial score (nSPS) is 39.8. The highest BCUT2D eigenvalue weighted by Crippen LogP contribution is 2.40. The summed E-state index contributed by atoms with van der Waals surface area (Å²) < 4.78 is 0. The predicted octanol–water partition coefficient (Wildman–Crippen LogP) is 1.86. The van der Waals surface area contributed by atoms with E-state index in [1.807, 2.05) is 0 Å². The van der Waals surface area contributed by atoms with Crippen LogP contribution in [0.3, 0.4) is 0 Å². The lowest BCUT2D eigenvalue weighted by molar-refractivity contribution is 0.141. The highest BCUT2D eigenvalue weighted by molar-refractivity contribution is 5.00. The van der Waals surface area contributed by atoms with Crippen molar-refractivity contribution < 1.29 is 5.11 Å². The van der Waals surface area contributed by atoms with Gasteiger partial charge < -0.3 is 15.3 Å². The van der Waals surface area contributed by atoms with Crippen molar-refractivity contribution in [1.82, 2.24) is 10.2 Å². The van der Waals surface area contributed by atoms with Crippen LogP contribution in [0.2, 0.25) is 0 Å². The van der Waals surface area contributed by atoms with Crippen LogP contribution in [0.1, 0.15) is 46.5 Å². The van der Waals surface area contributed by atoms with Crippen molar-refractivity contribution in [2.45, 2.75) is 64.1 Å². The first kappa shape index (κ1) is 14.3. The molecule has 2 saturated carbocycles. The molecule has 18 heavy (non-hydrogen) atoms. The van der Waals surface area contributed by atoms with Crippen molar-refractivity contribution in [3.05, 3.63) is 0 Å². The van der Waals surface area contributed by atoms with E-state index in [0.29, 0.717) is 12.1 Å². The van der Waals surface area contributed by atoms with Crippen molar-refractivity contribution in [1.29, 1.82) is 0 Å². The molecule has 4 atom stereocenters. The number of hydrogen-bond donors (Lipinski definition) is 2. The molecular formula is C15H30N2O. The van der Waals surface area contributed by atoms with Crippen LogP contribution in [-0.4, -0.2) is 47.8 Å². The van der Waals surface area contributed by atoms with Gasteiger partial charge in [-0.15, -0.1) is 0 Å². The van der Waals surface area contributed by atoms with Gasteiger partial charge in [-0.05, 0) is 44.6 Å². The molecular weight excluding hydrogens is 224 g/mol. The first-order valence-corrected chi connectivity index (χ1v) is 7.54. The monoisotopic (exact) mass is 254 g/mol. The molecule has 2 fully saturated rings. The molecule has 0 saturated heterocycles. The molecule has 0 amide bonds. The van der Waals surface area contributed by atoms with Gasteiger partial charge in [-0.2, -0.15) is 0 Å². The summed E-state index contributed by atoms with van der Waals surface area (Å²) in [4.78, 5) is 2.54.